The van der Waals surface area contributed by atoms with Crippen LogP contribution in [0, 0.1) is 12.8 Å². The maximum atomic E-state index is 11.3. The number of aliphatic hydroxyl groups excluding tert-OH is 1. The van der Waals surface area contributed by atoms with Crippen molar-refractivity contribution in [1.82, 2.24) is 15.0 Å². The van der Waals surface area contributed by atoms with Crippen molar-refractivity contribution in [3.8, 4) is 22.9 Å². The molecule has 3 aromatic rings. The van der Waals surface area contributed by atoms with E-state index < -0.39 is 18.0 Å². The quantitative estimate of drug-likeness (QED) is 0.511. The van der Waals surface area contributed by atoms with Crippen LogP contribution in [-0.2, 0) is 11.2 Å². The van der Waals surface area contributed by atoms with E-state index in [2.05, 4.69) is 4.98 Å². The van der Waals surface area contributed by atoms with Crippen LogP contribution in [0.3, 0.4) is 0 Å². The van der Waals surface area contributed by atoms with Crippen molar-refractivity contribution >= 4 is 5.97 Å². The van der Waals surface area contributed by atoms with Crippen molar-refractivity contribution < 1.29 is 24.5 Å². The molecular weight excluding hydrogens is 446 g/mol. The van der Waals surface area contributed by atoms with Gasteiger partial charge >= 0.3 is 5.97 Å². The van der Waals surface area contributed by atoms with Gasteiger partial charge in [0, 0.05) is 17.8 Å². The van der Waals surface area contributed by atoms with E-state index in [9.17, 15) is 15.0 Å². The number of carboxylic acids is 1. The van der Waals surface area contributed by atoms with E-state index in [1.54, 1.807) is 25.4 Å². The Morgan fingerprint density at radius 3 is 2.66 bits per heavy atom. The third-order valence-corrected chi connectivity index (χ3v) is 6.94. The summed E-state index contributed by atoms with van der Waals surface area (Å²) in [5, 5.41) is 19.7. The number of aliphatic hydroxyl groups is 1. The molecule has 0 radical (unpaired) electrons. The van der Waals surface area contributed by atoms with Gasteiger partial charge in [0.15, 0.2) is 0 Å². The molecule has 2 aliphatic rings. The second-order valence-electron chi connectivity index (χ2n) is 9.40. The van der Waals surface area contributed by atoms with Gasteiger partial charge in [0.05, 0.1) is 36.7 Å². The monoisotopic (exact) mass is 475 g/mol. The van der Waals surface area contributed by atoms with Gasteiger partial charge in [-0.2, -0.15) is 0 Å². The molecule has 1 unspecified atom stereocenters. The van der Waals surface area contributed by atoms with Crippen LogP contribution in [0.1, 0.15) is 72.4 Å². The highest BCUT2D eigenvalue weighted by atomic mass is 16.5. The summed E-state index contributed by atoms with van der Waals surface area (Å²) in [6.45, 7) is 3.43. The molecule has 8 heteroatoms. The first-order valence-electron chi connectivity index (χ1n) is 11.9. The molecule has 1 aliphatic heterocycles. The maximum Gasteiger partial charge on any atom is 0.309 e. The Morgan fingerprint density at radius 1 is 1.17 bits per heavy atom. The summed E-state index contributed by atoms with van der Waals surface area (Å²) in [6.07, 6.45) is 6.15. The summed E-state index contributed by atoms with van der Waals surface area (Å²) in [4.78, 5) is 25.3. The summed E-state index contributed by atoms with van der Waals surface area (Å²) in [7, 11) is 1.61. The second kappa shape index (κ2) is 9.26. The Balaban J connectivity index is 1.41. The lowest BCUT2D eigenvalue weighted by Gasteiger charge is -2.28. The van der Waals surface area contributed by atoms with Crippen molar-refractivity contribution in [3.05, 3.63) is 64.7 Å². The first-order valence-corrected chi connectivity index (χ1v) is 11.9. The standard InChI is InChI=1S/C27H29N3O5/c1-14(27(32)33)26(31)18-7-6-17-8-9-22(35-23(17)10-18)25-15(2)30-21(13-29-25)19-11-24(34-3)28-12-20(19)16-4-5-16/h6-7,10-14,16,22,26,31H,4-5,8-9H2,1-3H3,(H,32,33)/t14-,22?,26+/m0/s1. The number of hydrogen-bond donors (Lipinski definition) is 2. The van der Waals surface area contributed by atoms with Gasteiger partial charge in [0.2, 0.25) is 5.88 Å². The number of nitrogens with zero attached hydrogens (tertiary/aromatic N) is 3. The maximum absolute atomic E-state index is 11.3. The number of methoxy groups -OCH3 is 1. The first kappa shape index (κ1) is 23.2. The zero-order chi connectivity index (χ0) is 24.7. The highest BCUT2D eigenvalue weighted by Crippen LogP contribution is 2.45. The molecule has 0 spiro atoms. The predicted octanol–water partition coefficient (Wildman–Crippen LogP) is 4.55. The van der Waals surface area contributed by atoms with E-state index in [4.69, 9.17) is 19.4 Å². The lowest BCUT2D eigenvalue weighted by molar-refractivity contribution is -0.145. The van der Waals surface area contributed by atoms with E-state index >= 15 is 0 Å². The molecule has 2 aromatic heterocycles. The molecule has 182 valence electrons. The van der Waals surface area contributed by atoms with Crippen molar-refractivity contribution in [2.75, 3.05) is 7.11 Å². The molecule has 3 atom stereocenters. The number of pyridine rings is 1. The van der Waals surface area contributed by atoms with Crippen LogP contribution in [0.5, 0.6) is 11.6 Å². The molecule has 2 N–H and O–H groups in total. The van der Waals surface area contributed by atoms with Crippen molar-refractivity contribution in [1.29, 1.82) is 0 Å². The van der Waals surface area contributed by atoms with Gasteiger partial charge in [0.1, 0.15) is 17.5 Å². The second-order valence-corrected chi connectivity index (χ2v) is 9.40. The SMILES string of the molecule is COc1cc(-c2cnc(C3CCc4ccc([C@H](O)[C@H](C)C(=O)O)cc4O3)c(C)n2)c(C2CC2)cn1. The number of aryl methyl sites for hydroxylation is 2. The van der Waals surface area contributed by atoms with Gasteiger partial charge in [-0.15, -0.1) is 0 Å². The molecule has 0 amide bonds. The number of carbonyl (C=O) groups is 1. The molecule has 5 rings (SSSR count). The van der Waals surface area contributed by atoms with Gasteiger partial charge in [-0.25, -0.2) is 9.97 Å². The minimum absolute atomic E-state index is 0.275. The molecule has 1 fully saturated rings. The number of fused-ring (bicyclic) bond motifs is 1. The summed E-state index contributed by atoms with van der Waals surface area (Å²) in [6, 6.07) is 7.34. The molecule has 0 bridgehead atoms. The summed E-state index contributed by atoms with van der Waals surface area (Å²) in [5.74, 6) is -0.250. The van der Waals surface area contributed by atoms with Gasteiger partial charge in [-0.3, -0.25) is 9.78 Å². The molecule has 8 nitrogen and oxygen atoms in total. The third kappa shape index (κ3) is 4.58. The van der Waals surface area contributed by atoms with Gasteiger partial charge in [0.25, 0.3) is 0 Å². The summed E-state index contributed by atoms with van der Waals surface area (Å²) < 4.78 is 11.6. The van der Waals surface area contributed by atoms with Crippen LogP contribution in [0.15, 0.2) is 36.7 Å². The number of aliphatic carboxylic acids is 1. The Labute approximate surface area is 204 Å². The zero-order valence-corrected chi connectivity index (χ0v) is 20.1. The first-order chi connectivity index (χ1) is 16.9. The van der Waals surface area contributed by atoms with Crippen molar-refractivity contribution in [3.63, 3.8) is 0 Å². The largest absolute Gasteiger partial charge is 0.484 e. The van der Waals surface area contributed by atoms with Gasteiger partial charge in [-0.05, 0) is 68.2 Å². The molecule has 35 heavy (non-hydrogen) atoms. The number of benzene rings is 1. The Hall–Kier alpha value is -3.52. The van der Waals surface area contributed by atoms with E-state index in [1.807, 2.05) is 25.3 Å². The number of ether oxygens (including phenoxy) is 2. The van der Waals surface area contributed by atoms with Crippen molar-refractivity contribution in [2.24, 2.45) is 5.92 Å². The molecule has 1 aliphatic carbocycles. The lowest BCUT2D eigenvalue weighted by atomic mass is 9.93. The Kier molecular flexibility index (Phi) is 6.15. The van der Waals surface area contributed by atoms with E-state index in [-0.39, 0.29) is 6.10 Å². The highest BCUT2D eigenvalue weighted by Gasteiger charge is 2.30. The summed E-state index contributed by atoms with van der Waals surface area (Å²) in [5.41, 5.74) is 6.09. The fourth-order valence-electron chi connectivity index (χ4n) is 4.62. The minimum Gasteiger partial charge on any atom is -0.484 e. The van der Waals surface area contributed by atoms with Crippen LogP contribution in [0.2, 0.25) is 0 Å². The number of aromatic nitrogens is 3. The van der Waals surface area contributed by atoms with E-state index in [0.29, 0.717) is 23.1 Å². The lowest BCUT2D eigenvalue weighted by Crippen LogP contribution is -2.20. The fraction of sp³-hybridized carbons (Fsp3) is 0.407. The summed E-state index contributed by atoms with van der Waals surface area (Å²) >= 11 is 0. The van der Waals surface area contributed by atoms with Gasteiger partial charge in [-0.1, -0.05) is 12.1 Å². The average Bonchev–Trinajstić information content (AvgIpc) is 3.72. The van der Waals surface area contributed by atoms with Crippen LogP contribution >= 0.6 is 0 Å². The molecule has 0 saturated heterocycles. The normalized spacial score (nSPS) is 18.8. The number of rotatable bonds is 7. The third-order valence-electron chi connectivity index (χ3n) is 6.94. The Morgan fingerprint density at radius 2 is 1.97 bits per heavy atom. The molecule has 1 saturated carbocycles. The minimum atomic E-state index is -1.11. The van der Waals surface area contributed by atoms with Crippen LogP contribution in [0.25, 0.3) is 11.3 Å². The van der Waals surface area contributed by atoms with Crippen molar-refractivity contribution in [2.45, 2.75) is 57.7 Å². The van der Waals surface area contributed by atoms with Crippen LogP contribution in [0.4, 0.5) is 0 Å². The van der Waals surface area contributed by atoms with Crippen LogP contribution < -0.4 is 9.47 Å². The Bertz CT molecular complexity index is 1270. The smallest absolute Gasteiger partial charge is 0.309 e. The highest BCUT2D eigenvalue weighted by molar-refractivity contribution is 5.70. The van der Waals surface area contributed by atoms with E-state index in [0.717, 1.165) is 53.9 Å². The predicted molar refractivity (Wildman–Crippen MR) is 128 cm³/mol. The van der Waals surface area contributed by atoms with Gasteiger partial charge < -0.3 is 19.7 Å². The average molecular weight is 476 g/mol. The topological polar surface area (TPSA) is 115 Å². The molecule has 3 heterocycles. The molecular formula is C27H29N3O5. The zero-order valence-electron chi connectivity index (χ0n) is 20.1. The van der Waals surface area contributed by atoms with Crippen LogP contribution in [-0.4, -0.2) is 38.2 Å². The fourth-order valence-corrected chi connectivity index (χ4v) is 4.62. The molecule has 1 aromatic carbocycles. The van der Waals surface area contributed by atoms with E-state index in [1.165, 1.54) is 12.5 Å². The number of hydrogen-bond acceptors (Lipinski definition) is 7. The number of carboxylic acid groups (broad SMARTS) is 1.